The van der Waals surface area contributed by atoms with Gasteiger partial charge in [0.2, 0.25) is 0 Å². The summed E-state index contributed by atoms with van der Waals surface area (Å²) >= 11 is 1.71. The van der Waals surface area contributed by atoms with Crippen LogP contribution < -0.4 is 10.5 Å². The molecule has 2 aromatic carbocycles. The first-order chi connectivity index (χ1) is 9.86. The monoisotopic (exact) mass is 284 g/mol. The van der Waals surface area contributed by atoms with Gasteiger partial charge in [-0.25, -0.2) is 4.98 Å². The van der Waals surface area contributed by atoms with Crippen molar-refractivity contribution in [3.63, 3.8) is 0 Å². The summed E-state index contributed by atoms with van der Waals surface area (Å²) in [6.45, 7) is 1.32. The number of thiazole rings is 1. The van der Waals surface area contributed by atoms with Crippen LogP contribution in [0.15, 0.2) is 48.5 Å². The molecule has 0 atom stereocenters. The largest absolute Gasteiger partial charge is 0.494 e. The maximum atomic E-state index is 5.60. The van der Waals surface area contributed by atoms with Crippen molar-refractivity contribution in [3.05, 3.63) is 48.5 Å². The van der Waals surface area contributed by atoms with Gasteiger partial charge in [-0.05, 0) is 49.4 Å². The molecule has 0 unspecified atom stereocenters. The Morgan fingerprint density at radius 3 is 2.60 bits per heavy atom. The topological polar surface area (TPSA) is 48.1 Å². The molecule has 0 aliphatic carbocycles. The number of hydrogen-bond donors (Lipinski definition) is 1. The molecule has 102 valence electrons. The van der Waals surface area contributed by atoms with Crippen LogP contribution in [0.3, 0.4) is 0 Å². The Morgan fingerprint density at radius 1 is 1.05 bits per heavy atom. The van der Waals surface area contributed by atoms with Crippen LogP contribution >= 0.6 is 11.3 Å². The molecule has 0 aliphatic rings. The van der Waals surface area contributed by atoms with Gasteiger partial charge in [-0.2, -0.15) is 0 Å². The van der Waals surface area contributed by atoms with E-state index in [-0.39, 0.29) is 0 Å². The lowest BCUT2D eigenvalue weighted by atomic mass is 10.2. The maximum Gasteiger partial charge on any atom is 0.124 e. The van der Waals surface area contributed by atoms with E-state index in [1.807, 2.05) is 30.3 Å². The lowest BCUT2D eigenvalue weighted by Crippen LogP contribution is -2.05. The fraction of sp³-hybridized carbons (Fsp3) is 0.188. The molecule has 3 aromatic rings. The summed E-state index contributed by atoms with van der Waals surface area (Å²) in [5.74, 6) is 0.878. The number of nitrogens with two attached hydrogens (primary N) is 1. The van der Waals surface area contributed by atoms with Gasteiger partial charge >= 0.3 is 0 Å². The molecule has 3 nitrogen and oxygen atoms in total. The fourth-order valence-corrected chi connectivity index (χ4v) is 2.93. The standard InChI is InChI=1S/C16H16N2OS/c17-10-3-11-19-13-8-6-12(7-9-13)16-18-14-4-1-2-5-15(14)20-16/h1-2,4-9H,3,10-11,17H2. The first-order valence-electron chi connectivity index (χ1n) is 6.66. The lowest BCUT2D eigenvalue weighted by Gasteiger charge is -2.05. The van der Waals surface area contributed by atoms with E-state index in [1.165, 1.54) is 4.70 Å². The third kappa shape index (κ3) is 2.81. The fourth-order valence-electron chi connectivity index (χ4n) is 1.96. The van der Waals surface area contributed by atoms with E-state index >= 15 is 0 Å². The number of ether oxygens (including phenoxy) is 1. The molecule has 4 heteroatoms. The molecule has 2 N–H and O–H groups in total. The minimum Gasteiger partial charge on any atom is -0.494 e. The number of rotatable bonds is 5. The highest BCUT2D eigenvalue weighted by atomic mass is 32.1. The number of nitrogens with zero attached hydrogens (tertiary/aromatic N) is 1. The zero-order valence-electron chi connectivity index (χ0n) is 11.1. The quantitative estimate of drug-likeness (QED) is 0.727. The predicted octanol–water partition coefficient (Wildman–Crippen LogP) is 3.69. The molecule has 0 fully saturated rings. The molecule has 0 aliphatic heterocycles. The van der Waals surface area contributed by atoms with Crippen LogP contribution in [-0.4, -0.2) is 18.1 Å². The van der Waals surface area contributed by atoms with Gasteiger partial charge in [0.1, 0.15) is 10.8 Å². The smallest absolute Gasteiger partial charge is 0.124 e. The Bertz CT molecular complexity index is 658. The van der Waals surface area contributed by atoms with E-state index in [9.17, 15) is 0 Å². The lowest BCUT2D eigenvalue weighted by molar-refractivity contribution is 0.313. The van der Waals surface area contributed by atoms with Crippen LogP contribution in [0.4, 0.5) is 0 Å². The van der Waals surface area contributed by atoms with Crippen molar-refractivity contribution in [2.45, 2.75) is 6.42 Å². The summed E-state index contributed by atoms with van der Waals surface area (Å²) in [5.41, 5.74) is 7.62. The Hall–Kier alpha value is -1.91. The average molecular weight is 284 g/mol. The zero-order chi connectivity index (χ0) is 13.8. The molecule has 20 heavy (non-hydrogen) atoms. The second-order valence-electron chi connectivity index (χ2n) is 4.50. The Kier molecular flexibility index (Phi) is 3.95. The highest BCUT2D eigenvalue weighted by Crippen LogP contribution is 2.30. The van der Waals surface area contributed by atoms with Gasteiger partial charge in [-0.3, -0.25) is 0 Å². The van der Waals surface area contributed by atoms with Gasteiger partial charge in [-0.15, -0.1) is 11.3 Å². The van der Waals surface area contributed by atoms with E-state index in [4.69, 9.17) is 10.5 Å². The van der Waals surface area contributed by atoms with Crippen LogP contribution in [0, 0.1) is 0 Å². The zero-order valence-corrected chi connectivity index (χ0v) is 11.9. The molecule has 0 amide bonds. The highest BCUT2D eigenvalue weighted by molar-refractivity contribution is 7.21. The Labute approximate surface area is 122 Å². The van der Waals surface area contributed by atoms with Crippen molar-refractivity contribution >= 4 is 21.6 Å². The number of benzene rings is 2. The first kappa shape index (κ1) is 13.1. The van der Waals surface area contributed by atoms with Crippen LogP contribution in [0.1, 0.15) is 6.42 Å². The molecule has 0 spiro atoms. The van der Waals surface area contributed by atoms with E-state index in [2.05, 4.69) is 23.2 Å². The van der Waals surface area contributed by atoms with Gasteiger partial charge in [0.25, 0.3) is 0 Å². The maximum absolute atomic E-state index is 5.60. The molecule has 0 bridgehead atoms. The summed E-state index contributed by atoms with van der Waals surface area (Å²) in [6, 6.07) is 16.3. The summed E-state index contributed by atoms with van der Waals surface area (Å²) in [6.07, 6.45) is 0.875. The molecule has 3 rings (SSSR count). The normalized spacial score (nSPS) is 10.8. The van der Waals surface area contributed by atoms with Crippen LogP contribution in [0.2, 0.25) is 0 Å². The average Bonchev–Trinajstić information content (AvgIpc) is 2.92. The summed E-state index contributed by atoms with van der Waals surface area (Å²) in [4.78, 5) is 4.65. The number of aromatic nitrogens is 1. The molecular formula is C16H16N2OS. The second-order valence-corrected chi connectivity index (χ2v) is 5.53. The second kappa shape index (κ2) is 6.03. The number of para-hydroxylation sites is 1. The van der Waals surface area contributed by atoms with Crippen molar-refractivity contribution in [3.8, 4) is 16.3 Å². The van der Waals surface area contributed by atoms with E-state index in [0.29, 0.717) is 13.2 Å². The van der Waals surface area contributed by atoms with Crippen molar-refractivity contribution in [2.75, 3.05) is 13.2 Å². The summed E-state index contributed by atoms with van der Waals surface area (Å²) in [7, 11) is 0. The highest BCUT2D eigenvalue weighted by Gasteiger charge is 2.05. The van der Waals surface area contributed by atoms with Crippen molar-refractivity contribution in [2.24, 2.45) is 5.73 Å². The molecule has 1 heterocycles. The van der Waals surface area contributed by atoms with Crippen LogP contribution in [0.5, 0.6) is 5.75 Å². The van der Waals surface area contributed by atoms with E-state index in [0.717, 1.165) is 28.3 Å². The van der Waals surface area contributed by atoms with E-state index in [1.54, 1.807) is 11.3 Å². The minimum absolute atomic E-state index is 0.657. The van der Waals surface area contributed by atoms with E-state index < -0.39 is 0 Å². The molecule has 0 saturated carbocycles. The van der Waals surface area contributed by atoms with Crippen molar-refractivity contribution < 1.29 is 4.74 Å². The van der Waals surface area contributed by atoms with Gasteiger partial charge in [0.15, 0.2) is 0 Å². The van der Waals surface area contributed by atoms with Gasteiger partial charge in [0, 0.05) is 5.56 Å². The van der Waals surface area contributed by atoms with Gasteiger partial charge < -0.3 is 10.5 Å². The Morgan fingerprint density at radius 2 is 1.85 bits per heavy atom. The predicted molar refractivity (Wildman–Crippen MR) is 84.2 cm³/mol. The molecule has 0 radical (unpaired) electrons. The Balaban J connectivity index is 1.79. The van der Waals surface area contributed by atoms with Crippen LogP contribution in [0.25, 0.3) is 20.8 Å². The van der Waals surface area contributed by atoms with Gasteiger partial charge in [0.05, 0.1) is 16.8 Å². The third-order valence-electron chi connectivity index (χ3n) is 3.01. The van der Waals surface area contributed by atoms with Crippen molar-refractivity contribution in [1.29, 1.82) is 0 Å². The SMILES string of the molecule is NCCCOc1ccc(-c2nc3ccccc3s2)cc1. The third-order valence-corrected chi connectivity index (χ3v) is 4.10. The number of hydrogen-bond acceptors (Lipinski definition) is 4. The number of fused-ring (bicyclic) bond motifs is 1. The van der Waals surface area contributed by atoms with Crippen molar-refractivity contribution in [1.82, 2.24) is 4.98 Å². The van der Waals surface area contributed by atoms with Gasteiger partial charge in [-0.1, -0.05) is 12.1 Å². The summed E-state index contributed by atoms with van der Waals surface area (Å²) < 4.78 is 6.81. The van der Waals surface area contributed by atoms with Crippen LogP contribution in [-0.2, 0) is 0 Å². The summed E-state index contributed by atoms with van der Waals surface area (Å²) in [5, 5.41) is 1.04. The minimum atomic E-state index is 0.657. The molecule has 1 aromatic heterocycles. The molecule has 0 saturated heterocycles. The first-order valence-corrected chi connectivity index (χ1v) is 7.47. The molecular weight excluding hydrogens is 268 g/mol.